The third kappa shape index (κ3) is 4.31. The van der Waals surface area contributed by atoms with Gasteiger partial charge in [0.15, 0.2) is 5.13 Å². The molecule has 0 aliphatic heterocycles. The minimum atomic E-state index is -3.21. The van der Waals surface area contributed by atoms with E-state index in [-0.39, 0.29) is 17.9 Å². The molecule has 0 saturated heterocycles. The molecule has 0 amide bonds. The van der Waals surface area contributed by atoms with E-state index < -0.39 is 21.8 Å². The van der Waals surface area contributed by atoms with Crippen molar-refractivity contribution >= 4 is 54.1 Å². The van der Waals surface area contributed by atoms with E-state index >= 15 is 0 Å². The van der Waals surface area contributed by atoms with E-state index in [1.807, 2.05) is 0 Å². The van der Waals surface area contributed by atoms with Crippen molar-refractivity contribution in [1.82, 2.24) is 4.98 Å². The second-order valence-corrected chi connectivity index (χ2v) is 8.63. The molecule has 9 heteroatoms. The number of benzene rings is 1. The lowest BCUT2D eigenvalue weighted by Crippen LogP contribution is -2.31. The Balaban J connectivity index is 2.14. The van der Waals surface area contributed by atoms with E-state index in [4.69, 9.17) is 11.6 Å². The normalized spacial score (nSPS) is 13.2. The van der Waals surface area contributed by atoms with Gasteiger partial charge in [-0.2, -0.15) is 0 Å². The first-order valence-corrected chi connectivity index (χ1v) is 9.58. The summed E-state index contributed by atoms with van der Waals surface area (Å²) in [5, 5.41) is 13.0. The van der Waals surface area contributed by atoms with E-state index in [1.165, 1.54) is 18.3 Å². The molecular formula is C13H15ClN2O4S2. The quantitative estimate of drug-likeness (QED) is 0.786. The molecule has 1 heterocycles. The van der Waals surface area contributed by atoms with Crippen LogP contribution in [0.5, 0.6) is 0 Å². The lowest BCUT2D eigenvalue weighted by atomic mass is 10.2. The van der Waals surface area contributed by atoms with Crippen LogP contribution in [0.4, 0.5) is 5.13 Å². The number of aromatic nitrogens is 1. The highest BCUT2D eigenvalue weighted by molar-refractivity contribution is 7.91. The average molecular weight is 363 g/mol. The molecule has 1 unspecified atom stereocenters. The van der Waals surface area contributed by atoms with E-state index in [0.717, 1.165) is 4.70 Å². The molecule has 1 aromatic carbocycles. The number of carboxylic acids is 1. The highest BCUT2D eigenvalue weighted by Crippen LogP contribution is 2.28. The van der Waals surface area contributed by atoms with Gasteiger partial charge in [-0.25, -0.2) is 18.2 Å². The fourth-order valence-corrected chi connectivity index (χ4v) is 3.89. The summed E-state index contributed by atoms with van der Waals surface area (Å²) in [5.74, 6) is -1.29. The van der Waals surface area contributed by atoms with Gasteiger partial charge in [0.25, 0.3) is 0 Å². The summed E-state index contributed by atoms with van der Waals surface area (Å²) in [5.41, 5.74) is 0.710. The Hall–Kier alpha value is -1.38. The summed E-state index contributed by atoms with van der Waals surface area (Å²) in [6.45, 7) is 1.54. The fourth-order valence-electron chi connectivity index (χ4n) is 1.81. The smallest absolute Gasteiger partial charge is 0.326 e. The molecule has 120 valence electrons. The van der Waals surface area contributed by atoms with Crippen LogP contribution in [0.1, 0.15) is 13.3 Å². The maximum absolute atomic E-state index is 11.5. The van der Waals surface area contributed by atoms with Crippen molar-refractivity contribution in [2.75, 3.05) is 16.8 Å². The Morgan fingerprint density at radius 2 is 2.23 bits per heavy atom. The van der Waals surface area contributed by atoms with Crippen molar-refractivity contribution in [2.45, 2.75) is 19.4 Å². The first kappa shape index (κ1) is 17.0. The number of thiazole rings is 1. The molecule has 0 saturated carbocycles. The van der Waals surface area contributed by atoms with E-state index in [1.54, 1.807) is 18.2 Å². The second-order valence-electron chi connectivity index (χ2n) is 4.69. The van der Waals surface area contributed by atoms with Crippen LogP contribution < -0.4 is 5.32 Å². The van der Waals surface area contributed by atoms with Crippen LogP contribution >= 0.6 is 22.9 Å². The van der Waals surface area contributed by atoms with Crippen LogP contribution in [0.15, 0.2) is 18.2 Å². The Morgan fingerprint density at radius 3 is 2.86 bits per heavy atom. The van der Waals surface area contributed by atoms with Crippen molar-refractivity contribution in [1.29, 1.82) is 0 Å². The molecular weight excluding hydrogens is 348 g/mol. The number of hydrogen-bond acceptors (Lipinski definition) is 6. The van der Waals surface area contributed by atoms with Crippen LogP contribution in [0, 0.1) is 0 Å². The van der Waals surface area contributed by atoms with Crippen molar-refractivity contribution in [3.8, 4) is 0 Å². The minimum Gasteiger partial charge on any atom is -0.480 e. The summed E-state index contributed by atoms with van der Waals surface area (Å²) >= 11 is 7.17. The maximum atomic E-state index is 11.5. The Bertz CT molecular complexity index is 788. The van der Waals surface area contributed by atoms with Gasteiger partial charge in [-0.3, -0.25) is 0 Å². The molecule has 6 nitrogen and oxygen atoms in total. The summed E-state index contributed by atoms with van der Waals surface area (Å²) in [6.07, 6.45) is -0.0117. The summed E-state index contributed by atoms with van der Waals surface area (Å²) < 4.78 is 23.9. The molecule has 0 radical (unpaired) electrons. The Kier molecular flexibility index (Phi) is 5.25. The molecule has 0 spiro atoms. The summed E-state index contributed by atoms with van der Waals surface area (Å²) in [7, 11) is -3.21. The number of halogens is 1. The van der Waals surface area contributed by atoms with Gasteiger partial charge >= 0.3 is 5.97 Å². The third-order valence-corrected chi connectivity index (χ3v) is 6.03. The molecule has 1 aromatic heterocycles. The van der Waals surface area contributed by atoms with Crippen LogP contribution in [0.25, 0.3) is 10.2 Å². The van der Waals surface area contributed by atoms with Crippen LogP contribution in [-0.4, -0.2) is 42.0 Å². The second kappa shape index (κ2) is 6.80. The van der Waals surface area contributed by atoms with Gasteiger partial charge in [0.2, 0.25) is 0 Å². The van der Waals surface area contributed by atoms with E-state index in [2.05, 4.69) is 10.3 Å². The van der Waals surface area contributed by atoms with Crippen LogP contribution in [0.2, 0.25) is 5.02 Å². The SMILES string of the molecule is CCS(=O)(=O)CCC(Nc1nc2ccc(Cl)cc2s1)C(=O)O. The maximum Gasteiger partial charge on any atom is 0.326 e. The highest BCUT2D eigenvalue weighted by Gasteiger charge is 2.21. The van der Waals surface area contributed by atoms with Gasteiger partial charge in [0.05, 0.1) is 16.0 Å². The van der Waals surface area contributed by atoms with E-state index in [9.17, 15) is 18.3 Å². The number of anilines is 1. The number of hydrogen-bond donors (Lipinski definition) is 2. The highest BCUT2D eigenvalue weighted by atomic mass is 35.5. The van der Waals surface area contributed by atoms with Crippen LogP contribution in [-0.2, 0) is 14.6 Å². The molecule has 22 heavy (non-hydrogen) atoms. The van der Waals surface area contributed by atoms with Gasteiger partial charge in [-0.15, -0.1) is 0 Å². The van der Waals surface area contributed by atoms with Gasteiger partial charge in [0, 0.05) is 10.8 Å². The first-order chi connectivity index (χ1) is 10.3. The number of fused-ring (bicyclic) bond motifs is 1. The first-order valence-electron chi connectivity index (χ1n) is 6.56. The average Bonchev–Trinajstić information content (AvgIpc) is 2.84. The number of carboxylic acid groups (broad SMARTS) is 1. The van der Waals surface area contributed by atoms with Crippen molar-refractivity contribution < 1.29 is 18.3 Å². The fraction of sp³-hybridized carbons (Fsp3) is 0.385. The van der Waals surface area contributed by atoms with Crippen molar-refractivity contribution in [3.05, 3.63) is 23.2 Å². The molecule has 2 rings (SSSR count). The number of rotatable bonds is 7. The number of aliphatic carboxylic acids is 1. The van der Waals surface area contributed by atoms with E-state index in [0.29, 0.717) is 15.7 Å². The Labute approximate surface area is 137 Å². The number of sulfone groups is 1. The zero-order valence-electron chi connectivity index (χ0n) is 11.7. The molecule has 2 N–H and O–H groups in total. The molecule has 1 atom stereocenters. The van der Waals surface area contributed by atoms with Gasteiger partial charge in [0.1, 0.15) is 15.9 Å². The van der Waals surface area contributed by atoms with Crippen molar-refractivity contribution in [2.24, 2.45) is 0 Å². The predicted molar refractivity (Wildman–Crippen MR) is 88.6 cm³/mol. The summed E-state index contributed by atoms with van der Waals surface area (Å²) in [4.78, 5) is 15.6. The van der Waals surface area contributed by atoms with Crippen molar-refractivity contribution in [3.63, 3.8) is 0 Å². The molecule has 0 aliphatic carbocycles. The lowest BCUT2D eigenvalue weighted by molar-refractivity contribution is -0.137. The third-order valence-electron chi connectivity index (χ3n) is 3.10. The standard InChI is InChI=1S/C13H15ClN2O4S2/c1-2-22(19,20)6-5-10(12(17)18)16-13-15-9-4-3-8(14)7-11(9)21-13/h3-4,7,10H,2,5-6H2,1H3,(H,15,16)(H,17,18). The molecule has 0 bridgehead atoms. The van der Waals surface area contributed by atoms with Gasteiger partial charge < -0.3 is 10.4 Å². The Morgan fingerprint density at radius 1 is 1.50 bits per heavy atom. The molecule has 2 aromatic rings. The monoisotopic (exact) mass is 362 g/mol. The molecule has 0 aliphatic rings. The van der Waals surface area contributed by atoms with Crippen LogP contribution in [0.3, 0.4) is 0 Å². The predicted octanol–water partition coefficient (Wildman–Crippen LogP) is 2.64. The largest absolute Gasteiger partial charge is 0.480 e. The zero-order chi connectivity index (χ0) is 16.3. The topological polar surface area (TPSA) is 96.4 Å². The lowest BCUT2D eigenvalue weighted by Gasteiger charge is -2.13. The number of nitrogens with zero attached hydrogens (tertiary/aromatic N) is 1. The minimum absolute atomic E-state index is 0.00102. The number of carbonyl (C=O) groups is 1. The summed E-state index contributed by atoms with van der Waals surface area (Å²) in [6, 6.07) is 4.20. The number of nitrogens with one attached hydrogen (secondary N) is 1. The van der Waals surface area contributed by atoms with Gasteiger partial charge in [-0.1, -0.05) is 29.9 Å². The zero-order valence-corrected chi connectivity index (χ0v) is 14.1. The van der Waals surface area contributed by atoms with Gasteiger partial charge in [-0.05, 0) is 24.6 Å². The molecule has 0 fully saturated rings.